The van der Waals surface area contributed by atoms with Gasteiger partial charge in [0.25, 0.3) is 0 Å². The SMILES string of the molecule is Cc1sc2c(c1-c1ccccc1)C(=O)CC2. The molecule has 1 aromatic carbocycles. The van der Waals surface area contributed by atoms with Crippen molar-refractivity contribution in [2.24, 2.45) is 0 Å². The quantitative estimate of drug-likeness (QED) is 0.724. The number of hydrogen-bond donors (Lipinski definition) is 0. The van der Waals surface area contributed by atoms with Crippen LogP contribution in [0.25, 0.3) is 11.1 Å². The van der Waals surface area contributed by atoms with Gasteiger partial charge in [-0.1, -0.05) is 30.3 Å². The lowest BCUT2D eigenvalue weighted by atomic mass is 10.0. The van der Waals surface area contributed by atoms with Crippen LogP contribution in [0.2, 0.25) is 0 Å². The van der Waals surface area contributed by atoms with Crippen molar-refractivity contribution in [2.75, 3.05) is 0 Å². The third-order valence-corrected chi connectivity index (χ3v) is 4.24. The van der Waals surface area contributed by atoms with Crippen LogP contribution in [-0.2, 0) is 6.42 Å². The van der Waals surface area contributed by atoms with Gasteiger partial charge in [-0.15, -0.1) is 11.3 Å². The van der Waals surface area contributed by atoms with Gasteiger partial charge in [0.1, 0.15) is 0 Å². The van der Waals surface area contributed by atoms with Crippen LogP contribution < -0.4 is 0 Å². The number of fused-ring (bicyclic) bond motifs is 1. The zero-order chi connectivity index (χ0) is 11.1. The smallest absolute Gasteiger partial charge is 0.164 e. The van der Waals surface area contributed by atoms with Gasteiger partial charge in [0.2, 0.25) is 0 Å². The van der Waals surface area contributed by atoms with Crippen molar-refractivity contribution in [1.29, 1.82) is 0 Å². The Kier molecular flexibility index (Phi) is 2.18. The van der Waals surface area contributed by atoms with E-state index in [-0.39, 0.29) is 0 Å². The minimum Gasteiger partial charge on any atom is -0.294 e. The summed E-state index contributed by atoms with van der Waals surface area (Å²) in [5.74, 6) is 0.318. The maximum absolute atomic E-state index is 11.9. The van der Waals surface area contributed by atoms with Gasteiger partial charge in [-0.3, -0.25) is 4.79 Å². The molecule has 1 heterocycles. The summed E-state index contributed by atoms with van der Waals surface area (Å²) in [6.07, 6.45) is 1.63. The number of carbonyl (C=O) groups excluding carboxylic acids is 1. The molecule has 16 heavy (non-hydrogen) atoms. The first kappa shape index (κ1) is 9.79. The number of ketones is 1. The Hall–Kier alpha value is -1.41. The van der Waals surface area contributed by atoms with Gasteiger partial charge in [0, 0.05) is 27.3 Å². The van der Waals surface area contributed by atoms with E-state index in [1.54, 1.807) is 11.3 Å². The first-order valence-electron chi connectivity index (χ1n) is 5.48. The highest BCUT2D eigenvalue weighted by atomic mass is 32.1. The van der Waals surface area contributed by atoms with Crippen LogP contribution in [-0.4, -0.2) is 5.78 Å². The van der Waals surface area contributed by atoms with E-state index < -0.39 is 0 Å². The standard InChI is InChI=1S/C14H12OS/c1-9-13(10-5-3-2-4-6-10)14-11(15)7-8-12(14)16-9/h2-6H,7-8H2,1H3. The van der Waals surface area contributed by atoms with E-state index in [0.717, 1.165) is 12.0 Å². The highest BCUT2D eigenvalue weighted by Crippen LogP contribution is 2.40. The third-order valence-electron chi connectivity index (χ3n) is 3.08. The minimum absolute atomic E-state index is 0.318. The number of benzene rings is 1. The van der Waals surface area contributed by atoms with Gasteiger partial charge in [-0.25, -0.2) is 0 Å². The predicted octanol–water partition coefficient (Wildman–Crippen LogP) is 3.85. The van der Waals surface area contributed by atoms with E-state index in [2.05, 4.69) is 19.1 Å². The zero-order valence-electron chi connectivity index (χ0n) is 9.12. The van der Waals surface area contributed by atoms with E-state index in [9.17, 15) is 4.79 Å². The van der Waals surface area contributed by atoms with Crippen LogP contribution >= 0.6 is 11.3 Å². The summed E-state index contributed by atoms with van der Waals surface area (Å²) in [6.45, 7) is 2.11. The first-order valence-corrected chi connectivity index (χ1v) is 6.30. The average molecular weight is 228 g/mol. The van der Waals surface area contributed by atoms with Crippen LogP contribution in [0.15, 0.2) is 30.3 Å². The van der Waals surface area contributed by atoms with Crippen molar-refractivity contribution in [1.82, 2.24) is 0 Å². The molecule has 0 bridgehead atoms. The molecule has 3 rings (SSSR count). The maximum atomic E-state index is 11.9. The van der Waals surface area contributed by atoms with E-state index >= 15 is 0 Å². The van der Waals surface area contributed by atoms with Gasteiger partial charge in [0.05, 0.1) is 0 Å². The van der Waals surface area contributed by atoms with Crippen LogP contribution in [0.5, 0.6) is 0 Å². The van der Waals surface area contributed by atoms with Crippen molar-refractivity contribution in [3.8, 4) is 11.1 Å². The van der Waals surface area contributed by atoms with Crippen LogP contribution in [0, 0.1) is 6.92 Å². The van der Waals surface area contributed by atoms with Crippen LogP contribution in [0.4, 0.5) is 0 Å². The van der Waals surface area contributed by atoms with E-state index in [4.69, 9.17) is 0 Å². The lowest BCUT2D eigenvalue weighted by molar-refractivity contribution is 0.0995. The molecule has 1 aliphatic rings. The number of carbonyl (C=O) groups is 1. The molecular formula is C14H12OS. The molecule has 1 nitrogen and oxygen atoms in total. The summed E-state index contributed by atoms with van der Waals surface area (Å²) < 4.78 is 0. The summed E-state index contributed by atoms with van der Waals surface area (Å²) in [7, 11) is 0. The fourth-order valence-corrected chi connectivity index (χ4v) is 3.59. The summed E-state index contributed by atoms with van der Waals surface area (Å²) in [4.78, 5) is 14.4. The summed E-state index contributed by atoms with van der Waals surface area (Å²) in [6, 6.07) is 10.2. The molecule has 0 amide bonds. The van der Waals surface area contributed by atoms with Crippen LogP contribution in [0.1, 0.15) is 26.5 Å². The highest BCUT2D eigenvalue weighted by Gasteiger charge is 2.27. The predicted molar refractivity (Wildman–Crippen MR) is 67.1 cm³/mol. The van der Waals surface area contributed by atoms with E-state index in [1.807, 2.05) is 18.2 Å². The summed E-state index contributed by atoms with van der Waals surface area (Å²) in [5.41, 5.74) is 3.34. The second kappa shape index (κ2) is 3.56. The lowest BCUT2D eigenvalue weighted by Crippen LogP contribution is -1.93. The molecule has 1 aromatic heterocycles. The van der Waals surface area contributed by atoms with Crippen molar-refractivity contribution in [3.63, 3.8) is 0 Å². The molecule has 0 atom stereocenters. The molecule has 1 aliphatic carbocycles. The van der Waals surface area contributed by atoms with Crippen molar-refractivity contribution >= 4 is 17.1 Å². The fourth-order valence-electron chi connectivity index (χ4n) is 2.38. The maximum Gasteiger partial charge on any atom is 0.164 e. The van der Waals surface area contributed by atoms with Crippen molar-refractivity contribution in [2.45, 2.75) is 19.8 Å². The van der Waals surface area contributed by atoms with Gasteiger partial charge in [0.15, 0.2) is 5.78 Å². The highest BCUT2D eigenvalue weighted by molar-refractivity contribution is 7.13. The summed E-state index contributed by atoms with van der Waals surface area (Å²) >= 11 is 1.78. The zero-order valence-corrected chi connectivity index (χ0v) is 9.93. The van der Waals surface area contributed by atoms with E-state index in [0.29, 0.717) is 12.2 Å². The monoisotopic (exact) mass is 228 g/mol. The first-order chi connectivity index (χ1) is 7.77. The molecule has 0 N–H and O–H groups in total. The molecule has 0 unspecified atom stereocenters. The van der Waals surface area contributed by atoms with Crippen molar-refractivity contribution < 1.29 is 4.79 Å². The minimum atomic E-state index is 0.318. The Morgan fingerprint density at radius 1 is 1.06 bits per heavy atom. The molecule has 2 aromatic rings. The second-order valence-electron chi connectivity index (χ2n) is 4.12. The largest absolute Gasteiger partial charge is 0.294 e. The Morgan fingerprint density at radius 3 is 2.56 bits per heavy atom. The molecule has 0 fully saturated rings. The van der Waals surface area contributed by atoms with E-state index in [1.165, 1.54) is 20.9 Å². The topological polar surface area (TPSA) is 17.1 Å². The normalized spacial score (nSPS) is 14.2. The fraction of sp³-hybridized carbons (Fsp3) is 0.214. The Labute approximate surface area is 98.7 Å². The molecule has 80 valence electrons. The molecule has 0 aliphatic heterocycles. The van der Waals surface area contributed by atoms with Gasteiger partial charge in [-0.05, 0) is 18.9 Å². The number of aryl methyl sites for hydroxylation is 2. The lowest BCUT2D eigenvalue weighted by Gasteiger charge is -2.02. The molecular weight excluding hydrogens is 216 g/mol. The Morgan fingerprint density at radius 2 is 1.81 bits per heavy atom. The molecule has 0 spiro atoms. The van der Waals surface area contributed by atoms with Gasteiger partial charge < -0.3 is 0 Å². The Bertz CT molecular complexity index is 552. The average Bonchev–Trinajstić information content (AvgIpc) is 2.80. The van der Waals surface area contributed by atoms with Crippen molar-refractivity contribution in [3.05, 3.63) is 45.6 Å². The number of Topliss-reactive ketones (excluding diaryl/α,β-unsaturated/α-hetero) is 1. The molecule has 0 saturated carbocycles. The van der Waals surface area contributed by atoms with Gasteiger partial charge >= 0.3 is 0 Å². The Balaban J connectivity index is 2.26. The third kappa shape index (κ3) is 1.34. The molecule has 0 radical (unpaired) electrons. The van der Waals surface area contributed by atoms with Gasteiger partial charge in [-0.2, -0.15) is 0 Å². The summed E-state index contributed by atoms with van der Waals surface area (Å²) in [5, 5.41) is 0. The number of hydrogen-bond acceptors (Lipinski definition) is 2. The molecule has 2 heteroatoms. The number of thiophene rings is 1. The molecule has 0 saturated heterocycles. The second-order valence-corrected chi connectivity index (χ2v) is 5.43. The number of rotatable bonds is 1. The van der Waals surface area contributed by atoms with Crippen LogP contribution in [0.3, 0.4) is 0 Å².